The second kappa shape index (κ2) is 6.02. The van der Waals surface area contributed by atoms with E-state index in [1.54, 1.807) is 7.11 Å². The first-order valence-electron chi connectivity index (χ1n) is 7.25. The number of carbonyl (C=O) groups is 1. The number of likely N-dealkylation sites (tertiary alicyclic amines) is 1. The van der Waals surface area contributed by atoms with Crippen LogP contribution in [-0.4, -0.2) is 50.2 Å². The summed E-state index contributed by atoms with van der Waals surface area (Å²) in [7, 11) is 1.77. The van der Waals surface area contributed by atoms with Gasteiger partial charge in [-0.2, -0.15) is 0 Å². The highest BCUT2D eigenvalue weighted by Gasteiger charge is 2.43. The highest BCUT2D eigenvalue weighted by Crippen LogP contribution is 2.34. The Morgan fingerprint density at radius 1 is 1.44 bits per heavy atom. The van der Waals surface area contributed by atoms with E-state index in [0.29, 0.717) is 12.0 Å². The van der Waals surface area contributed by atoms with E-state index >= 15 is 0 Å². The Morgan fingerprint density at radius 2 is 2.17 bits per heavy atom. The second-order valence-corrected chi connectivity index (χ2v) is 5.68. The van der Waals surface area contributed by atoms with Gasteiger partial charge >= 0.3 is 0 Å². The Labute approximate surface area is 110 Å². The van der Waals surface area contributed by atoms with Gasteiger partial charge < -0.3 is 15.0 Å². The summed E-state index contributed by atoms with van der Waals surface area (Å²) in [5.41, 5.74) is -0.116. The Kier molecular flexibility index (Phi) is 4.62. The molecule has 1 unspecified atom stereocenters. The van der Waals surface area contributed by atoms with Crippen molar-refractivity contribution >= 4 is 5.91 Å². The number of hydrogen-bond acceptors (Lipinski definition) is 3. The third-order valence-corrected chi connectivity index (χ3v) is 4.49. The number of nitrogens with one attached hydrogen (secondary N) is 1. The van der Waals surface area contributed by atoms with Gasteiger partial charge in [-0.3, -0.25) is 4.79 Å². The fourth-order valence-electron chi connectivity index (χ4n) is 3.36. The van der Waals surface area contributed by atoms with E-state index in [0.717, 1.165) is 58.3 Å². The van der Waals surface area contributed by atoms with Gasteiger partial charge in [0.1, 0.15) is 0 Å². The van der Waals surface area contributed by atoms with Crippen molar-refractivity contribution in [2.75, 3.05) is 33.3 Å². The third kappa shape index (κ3) is 2.69. The van der Waals surface area contributed by atoms with Crippen LogP contribution in [-0.2, 0) is 9.53 Å². The molecule has 2 aliphatic rings. The largest absolute Gasteiger partial charge is 0.381 e. The molecule has 104 valence electrons. The molecular formula is C14H26N2O2. The van der Waals surface area contributed by atoms with Crippen molar-refractivity contribution in [1.82, 2.24) is 10.2 Å². The van der Waals surface area contributed by atoms with E-state index in [9.17, 15) is 4.79 Å². The first kappa shape index (κ1) is 13.8. The fourth-order valence-corrected chi connectivity index (χ4v) is 3.36. The summed E-state index contributed by atoms with van der Waals surface area (Å²) in [6.07, 6.45) is 5.42. The van der Waals surface area contributed by atoms with Crippen molar-refractivity contribution in [3.05, 3.63) is 0 Å². The van der Waals surface area contributed by atoms with E-state index < -0.39 is 0 Å². The Morgan fingerprint density at radius 3 is 2.67 bits per heavy atom. The molecule has 1 N–H and O–H groups in total. The summed E-state index contributed by atoms with van der Waals surface area (Å²) in [5.74, 6) is 0.379. The molecule has 0 spiro atoms. The second-order valence-electron chi connectivity index (χ2n) is 5.68. The summed E-state index contributed by atoms with van der Waals surface area (Å²) in [4.78, 5) is 14.8. The van der Waals surface area contributed by atoms with Crippen LogP contribution in [0.1, 0.15) is 39.0 Å². The van der Waals surface area contributed by atoms with Gasteiger partial charge in [0, 0.05) is 26.7 Å². The van der Waals surface area contributed by atoms with Crippen molar-refractivity contribution in [2.45, 2.75) is 45.1 Å². The molecule has 18 heavy (non-hydrogen) atoms. The molecule has 0 radical (unpaired) electrons. The Hall–Kier alpha value is -0.610. The van der Waals surface area contributed by atoms with Gasteiger partial charge in [-0.15, -0.1) is 0 Å². The van der Waals surface area contributed by atoms with Crippen LogP contribution in [0.25, 0.3) is 0 Å². The molecule has 2 saturated heterocycles. The van der Waals surface area contributed by atoms with Crippen molar-refractivity contribution in [3.8, 4) is 0 Å². The number of piperidine rings is 1. The molecule has 4 heteroatoms. The molecular weight excluding hydrogens is 228 g/mol. The van der Waals surface area contributed by atoms with Gasteiger partial charge in [-0.05, 0) is 32.2 Å². The van der Waals surface area contributed by atoms with Crippen LogP contribution in [0.5, 0.6) is 0 Å². The molecule has 0 aromatic heterocycles. The van der Waals surface area contributed by atoms with Crippen molar-refractivity contribution in [1.29, 1.82) is 0 Å². The molecule has 2 aliphatic heterocycles. The van der Waals surface area contributed by atoms with Crippen LogP contribution < -0.4 is 5.32 Å². The minimum absolute atomic E-state index is 0.116. The summed E-state index contributed by atoms with van der Waals surface area (Å²) >= 11 is 0. The Bertz CT molecular complexity index is 280. The molecule has 2 rings (SSSR count). The number of carbonyl (C=O) groups excluding carboxylic acids is 1. The smallest absolute Gasteiger partial charge is 0.230 e. The maximum Gasteiger partial charge on any atom is 0.230 e. The topological polar surface area (TPSA) is 41.6 Å². The third-order valence-electron chi connectivity index (χ3n) is 4.49. The average molecular weight is 254 g/mol. The SMILES string of the molecule is CCCC1(C(=O)N2CCC(OC)CC2)CCNC1. The van der Waals surface area contributed by atoms with Gasteiger partial charge in [0.05, 0.1) is 11.5 Å². The van der Waals surface area contributed by atoms with Crippen LogP contribution in [0.2, 0.25) is 0 Å². The van der Waals surface area contributed by atoms with Crippen molar-refractivity contribution in [3.63, 3.8) is 0 Å². The number of amides is 1. The zero-order chi connectivity index (χ0) is 13.0. The molecule has 2 fully saturated rings. The first-order valence-corrected chi connectivity index (χ1v) is 7.25. The first-order chi connectivity index (χ1) is 8.72. The maximum absolute atomic E-state index is 12.8. The summed E-state index contributed by atoms with van der Waals surface area (Å²) in [5, 5.41) is 3.37. The molecule has 0 bridgehead atoms. The lowest BCUT2D eigenvalue weighted by Crippen LogP contribution is -2.49. The highest BCUT2D eigenvalue weighted by atomic mass is 16.5. The number of hydrogen-bond donors (Lipinski definition) is 1. The predicted molar refractivity (Wildman–Crippen MR) is 71.4 cm³/mol. The number of rotatable bonds is 4. The monoisotopic (exact) mass is 254 g/mol. The minimum Gasteiger partial charge on any atom is -0.381 e. The molecule has 0 aromatic rings. The van der Waals surface area contributed by atoms with E-state index in [1.807, 2.05) is 0 Å². The molecule has 2 heterocycles. The zero-order valence-corrected chi connectivity index (χ0v) is 11.7. The highest BCUT2D eigenvalue weighted by molar-refractivity contribution is 5.83. The van der Waals surface area contributed by atoms with Crippen LogP contribution in [0.4, 0.5) is 0 Å². The van der Waals surface area contributed by atoms with E-state index in [2.05, 4.69) is 17.1 Å². The quantitative estimate of drug-likeness (QED) is 0.824. The lowest BCUT2D eigenvalue weighted by Gasteiger charge is -2.37. The normalized spacial score (nSPS) is 29.8. The van der Waals surface area contributed by atoms with Crippen LogP contribution in [0.3, 0.4) is 0 Å². The van der Waals surface area contributed by atoms with E-state index in [4.69, 9.17) is 4.74 Å². The summed E-state index contributed by atoms with van der Waals surface area (Å²) < 4.78 is 5.37. The Balaban J connectivity index is 1.97. The number of nitrogens with zero attached hydrogens (tertiary/aromatic N) is 1. The van der Waals surface area contributed by atoms with Gasteiger partial charge in [0.25, 0.3) is 0 Å². The number of methoxy groups -OCH3 is 1. The minimum atomic E-state index is -0.116. The van der Waals surface area contributed by atoms with E-state index in [-0.39, 0.29) is 5.41 Å². The van der Waals surface area contributed by atoms with Gasteiger partial charge in [-0.25, -0.2) is 0 Å². The van der Waals surface area contributed by atoms with Crippen LogP contribution >= 0.6 is 0 Å². The van der Waals surface area contributed by atoms with Gasteiger partial charge in [0.15, 0.2) is 0 Å². The van der Waals surface area contributed by atoms with Crippen LogP contribution in [0.15, 0.2) is 0 Å². The lowest BCUT2D eigenvalue weighted by atomic mass is 9.80. The lowest BCUT2D eigenvalue weighted by molar-refractivity contribution is -0.144. The summed E-state index contributed by atoms with van der Waals surface area (Å²) in [6.45, 7) is 5.75. The van der Waals surface area contributed by atoms with Gasteiger partial charge in [0.2, 0.25) is 5.91 Å². The average Bonchev–Trinajstić information content (AvgIpc) is 2.88. The standard InChI is InChI=1S/C14H26N2O2/c1-3-6-14(7-8-15-11-14)13(17)16-9-4-12(18-2)5-10-16/h12,15H,3-11H2,1-2H3. The van der Waals surface area contributed by atoms with Crippen molar-refractivity contribution < 1.29 is 9.53 Å². The molecule has 4 nitrogen and oxygen atoms in total. The predicted octanol–water partition coefficient (Wildman–Crippen LogP) is 1.40. The maximum atomic E-state index is 12.8. The molecule has 0 saturated carbocycles. The fraction of sp³-hybridized carbons (Fsp3) is 0.929. The van der Waals surface area contributed by atoms with Gasteiger partial charge in [-0.1, -0.05) is 13.3 Å². The zero-order valence-electron chi connectivity index (χ0n) is 11.7. The molecule has 0 aliphatic carbocycles. The molecule has 1 amide bonds. The summed E-state index contributed by atoms with van der Waals surface area (Å²) in [6, 6.07) is 0. The van der Waals surface area contributed by atoms with Crippen LogP contribution in [0, 0.1) is 5.41 Å². The molecule has 0 aromatic carbocycles. The van der Waals surface area contributed by atoms with Crippen molar-refractivity contribution in [2.24, 2.45) is 5.41 Å². The molecule has 1 atom stereocenters. The number of ether oxygens (including phenoxy) is 1. The van der Waals surface area contributed by atoms with E-state index in [1.165, 1.54) is 0 Å².